The molecule has 2 aromatic rings. The van der Waals surface area contributed by atoms with E-state index in [1.54, 1.807) is 11.8 Å². The summed E-state index contributed by atoms with van der Waals surface area (Å²) in [5.74, 6) is -0.800. The number of nitrogens with zero attached hydrogens (tertiary/aromatic N) is 3. The normalized spacial score (nSPS) is 33.4. The third-order valence-corrected chi connectivity index (χ3v) is 12.2. The largest absolute Gasteiger partial charge is 0.378 e. The van der Waals surface area contributed by atoms with Gasteiger partial charge in [0.05, 0.1) is 16.9 Å². The first-order chi connectivity index (χ1) is 18.3. The van der Waals surface area contributed by atoms with E-state index in [4.69, 9.17) is 0 Å². The Kier molecular flexibility index (Phi) is 5.78. The van der Waals surface area contributed by atoms with Gasteiger partial charge in [-0.25, -0.2) is 0 Å². The number of rotatable bonds is 4. The molecule has 38 heavy (non-hydrogen) atoms. The molecule has 8 nitrogen and oxygen atoms in total. The van der Waals surface area contributed by atoms with Gasteiger partial charge in [0.15, 0.2) is 0 Å². The van der Waals surface area contributed by atoms with Gasteiger partial charge in [-0.1, -0.05) is 23.5 Å². The number of hydrogen-bond donors (Lipinski definition) is 1. The van der Waals surface area contributed by atoms with Crippen LogP contribution in [0.15, 0.2) is 34.1 Å². The Hall–Kier alpha value is -2.59. The highest BCUT2D eigenvalue weighted by atomic mass is 32.2. The number of amides is 3. The molecular formula is C28H32N4O4S2. The number of anilines is 1. The highest BCUT2D eigenvalue weighted by Gasteiger charge is 2.69. The molecule has 200 valence electrons. The molecule has 7 atom stereocenters. The Bertz CT molecular complexity index is 1360. The number of fused-ring (bicyclic) bond motifs is 9. The summed E-state index contributed by atoms with van der Waals surface area (Å²) in [6.07, 6.45) is 3.93. The molecule has 4 heterocycles. The lowest BCUT2D eigenvalue weighted by molar-refractivity contribution is -0.147. The quantitative estimate of drug-likeness (QED) is 0.587. The Morgan fingerprint density at radius 1 is 1.00 bits per heavy atom. The van der Waals surface area contributed by atoms with Gasteiger partial charge in [-0.3, -0.25) is 24.1 Å². The topological polar surface area (TPSA) is 93.8 Å². The minimum atomic E-state index is -0.357. The fourth-order valence-corrected chi connectivity index (χ4v) is 10.9. The Morgan fingerprint density at radius 3 is 2.37 bits per heavy atom. The molecule has 7 rings (SSSR count). The molecule has 6 unspecified atom stereocenters. The molecule has 0 radical (unpaired) electrons. The fraction of sp³-hybridized carbons (Fsp3) is 0.571. The summed E-state index contributed by atoms with van der Waals surface area (Å²) >= 11 is 2.97. The molecular weight excluding hydrogens is 520 g/mol. The molecule has 1 N–H and O–H groups in total. The van der Waals surface area contributed by atoms with Crippen molar-refractivity contribution in [3.63, 3.8) is 0 Å². The zero-order chi connectivity index (χ0) is 26.3. The predicted octanol–water partition coefficient (Wildman–Crippen LogP) is 2.99. The molecule has 10 heteroatoms. The fourth-order valence-electron chi connectivity index (χ4n) is 7.97. The Balaban J connectivity index is 1.21. The number of piperidine rings is 1. The first-order valence-corrected chi connectivity index (χ1v) is 15.3. The van der Waals surface area contributed by atoms with Gasteiger partial charge in [-0.05, 0) is 61.1 Å². The second kappa shape index (κ2) is 8.98. The maximum atomic E-state index is 13.8. The van der Waals surface area contributed by atoms with Crippen LogP contribution in [0.5, 0.6) is 0 Å². The summed E-state index contributed by atoms with van der Waals surface area (Å²) in [6, 6.07) is 8.51. The minimum absolute atomic E-state index is 0.0132. The summed E-state index contributed by atoms with van der Waals surface area (Å²) in [7, 11) is 4.03. The first kappa shape index (κ1) is 24.5. The van der Waals surface area contributed by atoms with Gasteiger partial charge in [0.2, 0.25) is 17.7 Å². The van der Waals surface area contributed by atoms with Crippen LogP contribution in [0.2, 0.25) is 0 Å². The van der Waals surface area contributed by atoms with Gasteiger partial charge >= 0.3 is 4.87 Å². The van der Waals surface area contributed by atoms with Crippen molar-refractivity contribution in [2.75, 3.05) is 38.6 Å². The second-order valence-electron chi connectivity index (χ2n) is 11.7. The molecule has 2 saturated heterocycles. The third-order valence-electron chi connectivity index (χ3n) is 9.59. The number of thioether (sulfide) groups is 1. The SMILES string of the molecule is CN(C)c1ccc([C@H]2c3sc(=O)[nH]c3SC3C4CC(C5C(=O)N(CC(=O)N6CCCCC6)C(=O)C45)C32)cc1. The van der Waals surface area contributed by atoms with E-state index in [9.17, 15) is 19.2 Å². The third kappa shape index (κ3) is 3.55. The lowest BCUT2D eigenvalue weighted by Gasteiger charge is -2.43. The average Bonchev–Trinajstić information content (AvgIpc) is 3.65. The van der Waals surface area contributed by atoms with Gasteiger partial charge < -0.3 is 14.8 Å². The van der Waals surface area contributed by atoms with Crippen molar-refractivity contribution in [2.45, 2.75) is 41.9 Å². The number of nitrogens with one attached hydrogen (secondary N) is 1. The van der Waals surface area contributed by atoms with E-state index in [0.717, 1.165) is 46.8 Å². The Labute approximate surface area is 229 Å². The zero-order valence-corrected chi connectivity index (χ0v) is 23.2. The standard InChI is InChI=1S/C28H32N4O4S2/c1-30(2)15-8-6-14(7-9-15)19-20-16-12-17(23(20)37-25-24(19)38-28(36)29-25)22-21(16)26(34)32(27(22)35)13-18(33)31-10-4-3-5-11-31/h6-9,16-17,19-23H,3-5,10-13H2,1-2H3,(H,29,36)/t16?,17?,19-,20?,21?,22?,23?/m1/s1. The van der Waals surface area contributed by atoms with Crippen molar-refractivity contribution in [1.82, 2.24) is 14.8 Å². The first-order valence-electron chi connectivity index (χ1n) is 13.6. The zero-order valence-electron chi connectivity index (χ0n) is 21.6. The minimum Gasteiger partial charge on any atom is -0.378 e. The number of aromatic amines is 1. The van der Waals surface area contributed by atoms with E-state index in [1.165, 1.54) is 16.2 Å². The average molecular weight is 553 g/mol. The number of benzene rings is 1. The van der Waals surface area contributed by atoms with Crippen molar-refractivity contribution in [1.29, 1.82) is 0 Å². The van der Waals surface area contributed by atoms with Crippen LogP contribution in [0.4, 0.5) is 5.69 Å². The molecule has 5 aliphatic rings. The van der Waals surface area contributed by atoms with E-state index in [2.05, 4.69) is 34.1 Å². The van der Waals surface area contributed by atoms with Gasteiger partial charge in [-0.2, -0.15) is 0 Å². The summed E-state index contributed by atoms with van der Waals surface area (Å²) < 4.78 is 0. The van der Waals surface area contributed by atoms with E-state index in [0.29, 0.717) is 13.1 Å². The molecule has 2 saturated carbocycles. The molecule has 4 fully saturated rings. The number of aromatic nitrogens is 1. The molecule has 1 aromatic carbocycles. The molecule has 1 aromatic heterocycles. The molecule has 2 bridgehead atoms. The van der Waals surface area contributed by atoms with Gasteiger partial charge in [0.1, 0.15) is 6.54 Å². The number of hydrogen-bond acceptors (Lipinski definition) is 7. The van der Waals surface area contributed by atoms with Gasteiger partial charge in [0.25, 0.3) is 0 Å². The van der Waals surface area contributed by atoms with Crippen LogP contribution >= 0.6 is 23.1 Å². The van der Waals surface area contributed by atoms with Crippen LogP contribution in [0.25, 0.3) is 0 Å². The Morgan fingerprint density at radius 2 is 1.68 bits per heavy atom. The maximum Gasteiger partial charge on any atom is 0.305 e. The smallest absolute Gasteiger partial charge is 0.305 e. The highest BCUT2D eigenvalue weighted by molar-refractivity contribution is 8.00. The lowest BCUT2D eigenvalue weighted by atomic mass is 9.68. The van der Waals surface area contributed by atoms with Crippen molar-refractivity contribution >= 4 is 46.5 Å². The highest BCUT2D eigenvalue weighted by Crippen LogP contribution is 2.68. The van der Waals surface area contributed by atoms with Crippen molar-refractivity contribution in [2.24, 2.45) is 29.6 Å². The van der Waals surface area contributed by atoms with Crippen LogP contribution in [0.1, 0.15) is 42.0 Å². The van der Waals surface area contributed by atoms with Crippen LogP contribution in [-0.4, -0.2) is 71.5 Å². The summed E-state index contributed by atoms with van der Waals surface area (Å²) in [6.45, 7) is 1.30. The molecule has 2 aliphatic carbocycles. The van der Waals surface area contributed by atoms with E-state index < -0.39 is 0 Å². The number of imide groups is 1. The molecule has 3 aliphatic heterocycles. The summed E-state index contributed by atoms with van der Waals surface area (Å²) in [5, 5.41) is 1.08. The van der Waals surface area contributed by atoms with Gasteiger partial charge in [0, 0.05) is 48.9 Å². The predicted molar refractivity (Wildman–Crippen MR) is 146 cm³/mol. The van der Waals surface area contributed by atoms with Crippen LogP contribution in [0.3, 0.4) is 0 Å². The van der Waals surface area contributed by atoms with E-state index >= 15 is 0 Å². The number of carbonyl (C=O) groups excluding carboxylic acids is 3. The van der Waals surface area contributed by atoms with Crippen molar-refractivity contribution in [3.8, 4) is 0 Å². The van der Waals surface area contributed by atoms with E-state index in [-0.39, 0.29) is 69.9 Å². The van der Waals surface area contributed by atoms with Crippen LogP contribution in [-0.2, 0) is 14.4 Å². The van der Waals surface area contributed by atoms with Gasteiger partial charge in [-0.15, -0.1) is 11.8 Å². The van der Waals surface area contributed by atoms with Crippen LogP contribution in [0, 0.1) is 29.6 Å². The maximum absolute atomic E-state index is 13.8. The second-order valence-corrected chi connectivity index (χ2v) is 13.9. The van der Waals surface area contributed by atoms with E-state index in [1.807, 2.05) is 19.0 Å². The summed E-state index contributed by atoms with van der Waals surface area (Å²) in [5.41, 5.74) is 2.26. The number of H-pyrrole nitrogens is 1. The molecule has 0 spiro atoms. The molecule has 3 amide bonds. The number of carbonyl (C=O) groups is 3. The van der Waals surface area contributed by atoms with Crippen molar-refractivity contribution in [3.05, 3.63) is 44.4 Å². The number of likely N-dealkylation sites (tertiary alicyclic amines) is 2. The van der Waals surface area contributed by atoms with Crippen molar-refractivity contribution < 1.29 is 14.4 Å². The number of thiazole rings is 1. The monoisotopic (exact) mass is 552 g/mol. The van der Waals surface area contributed by atoms with Crippen LogP contribution < -0.4 is 9.77 Å². The summed E-state index contributed by atoms with van der Waals surface area (Å²) in [4.78, 5) is 62.1. The lowest BCUT2D eigenvalue weighted by Crippen LogP contribution is -2.45.